The number of rotatable bonds is 6. The van der Waals surface area contributed by atoms with Crippen LogP contribution in [0, 0.1) is 5.92 Å². The number of nitrogens with two attached hydrogens (primary N) is 1. The maximum Gasteiger partial charge on any atom is 0.253 e. The van der Waals surface area contributed by atoms with Crippen LogP contribution in [0.3, 0.4) is 0 Å². The fourth-order valence-electron chi connectivity index (χ4n) is 3.73. The number of likely N-dealkylation sites (tertiary alicyclic amines) is 1. The van der Waals surface area contributed by atoms with Gasteiger partial charge >= 0.3 is 0 Å². The van der Waals surface area contributed by atoms with Crippen LogP contribution in [-0.4, -0.2) is 62.2 Å². The minimum atomic E-state index is -3.72. The smallest absolute Gasteiger partial charge is 0.253 e. The van der Waals surface area contributed by atoms with E-state index < -0.39 is 10.0 Å². The molecule has 0 radical (unpaired) electrons. The van der Waals surface area contributed by atoms with Gasteiger partial charge < -0.3 is 15.4 Å². The summed E-state index contributed by atoms with van der Waals surface area (Å²) in [6.45, 7) is 3.92. The van der Waals surface area contributed by atoms with E-state index in [2.05, 4.69) is 0 Å². The van der Waals surface area contributed by atoms with E-state index in [0.717, 1.165) is 12.8 Å². The maximum absolute atomic E-state index is 13.1. The summed E-state index contributed by atoms with van der Waals surface area (Å²) in [5, 5.41) is 0. The largest absolute Gasteiger partial charge is 0.492 e. The Morgan fingerprint density at radius 2 is 1.79 bits per heavy atom. The molecule has 0 aliphatic carbocycles. The Bertz CT molecular complexity index is 841. The van der Waals surface area contributed by atoms with E-state index in [1.165, 1.54) is 10.4 Å². The molecule has 2 amide bonds. The minimum Gasteiger partial charge on any atom is -0.492 e. The molecule has 2 aliphatic rings. The van der Waals surface area contributed by atoms with Crippen LogP contribution in [0.2, 0.25) is 0 Å². The average Bonchev–Trinajstić information content (AvgIpc) is 3.24. The molecule has 3 rings (SSSR count). The van der Waals surface area contributed by atoms with Crippen molar-refractivity contribution in [2.24, 2.45) is 11.7 Å². The zero-order valence-electron chi connectivity index (χ0n) is 16.1. The van der Waals surface area contributed by atoms with Crippen LogP contribution in [-0.2, 0) is 14.8 Å². The first-order chi connectivity index (χ1) is 13.3. The van der Waals surface area contributed by atoms with E-state index in [9.17, 15) is 18.0 Å². The molecule has 2 aliphatic heterocycles. The number of sulfonamides is 1. The van der Waals surface area contributed by atoms with Gasteiger partial charge in [-0.05, 0) is 50.8 Å². The molecule has 2 saturated heterocycles. The van der Waals surface area contributed by atoms with Crippen molar-refractivity contribution in [3.63, 3.8) is 0 Å². The van der Waals surface area contributed by atoms with Gasteiger partial charge in [0.1, 0.15) is 10.6 Å². The molecule has 0 atom stereocenters. The monoisotopic (exact) mass is 409 g/mol. The third kappa shape index (κ3) is 4.15. The van der Waals surface area contributed by atoms with Gasteiger partial charge in [0, 0.05) is 37.7 Å². The highest BCUT2D eigenvalue weighted by Crippen LogP contribution is 2.31. The SMILES string of the molecule is CCOc1ccc(C(=O)N2CCC(C(N)=O)CC2)cc1S(=O)(=O)N1CCCC1. The summed E-state index contributed by atoms with van der Waals surface area (Å²) in [5.41, 5.74) is 5.65. The molecule has 0 spiro atoms. The van der Waals surface area contributed by atoms with E-state index in [1.54, 1.807) is 24.0 Å². The molecule has 28 heavy (non-hydrogen) atoms. The Morgan fingerprint density at radius 3 is 2.36 bits per heavy atom. The molecule has 154 valence electrons. The van der Waals surface area contributed by atoms with E-state index >= 15 is 0 Å². The Labute approximate surface area is 165 Å². The molecular weight excluding hydrogens is 382 g/mol. The average molecular weight is 410 g/mol. The summed E-state index contributed by atoms with van der Waals surface area (Å²) >= 11 is 0. The Balaban J connectivity index is 1.86. The van der Waals surface area contributed by atoms with E-state index in [4.69, 9.17) is 10.5 Å². The topological polar surface area (TPSA) is 110 Å². The van der Waals surface area contributed by atoms with Crippen LogP contribution in [0.1, 0.15) is 43.0 Å². The molecule has 0 aromatic heterocycles. The molecule has 1 aromatic rings. The van der Waals surface area contributed by atoms with Crippen molar-refractivity contribution in [3.8, 4) is 5.75 Å². The molecule has 1 aromatic carbocycles. The van der Waals surface area contributed by atoms with Crippen molar-refractivity contribution in [2.45, 2.75) is 37.5 Å². The molecule has 2 heterocycles. The number of amides is 2. The summed E-state index contributed by atoms with van der Waals surface area (Å²) in [6, 6.07) is 4.56. The minimum absolute atomic E-state index is 0.0362. The Hall–Kier alpha value is -2.13. The predicted molar refractivity (Wildman–Crippen MR) is 103 cm³/mol. The molecule has 0 unspecified atom stereocenters. The lowest BCUT2D eigenvalue weighted by Gasteiger charge is -2.30. The summed E-state index contributed by atoms with van der Waals surface area (Å²) in [6.07, 6.45) is 2.71. The number of carbonyl (C=O) groups excluding carboxylic acids is 2. The van der Waals surface area contributed by atoms with E-state index in [0.29, 0.717) is 51.2 Å². The molecule has 0 saturated carbocycles. The summed E-state index contributed by atoms with van der Waals surface area (Å²) in [4.78, 5) is 25.9. The zero-order chi connectivity index (χ0) is 20.3. The van der Waals surface area contributed by atoms with Crippen molar-refractivity contribution < 1.29 is 22.7 Å². The highest BCUT2D eigenvalue weighted by molar-refractivity contribution is 7.89. The number of nitrogens with zero attached hydrogens (tertiary/aromatic N) is 2. The second-order valence-electron chi connectivity index (χ2n) is 7.17. The lowest BCUT2D eigenvalue weighted by molar-refractivity contribution is -0.123. The van der Waals surface area contributed by atoms with Crippen LogP contribution >= 0.6 is 0 Å². The van der Waals surface area contributed by atoms with Gasteiger partial charge in [-0.25, -0.2) is 8.42 Å². The van der Waals surface area contributed by atoms with Crippen molar-refractivity contribution in [1.82, 2.24) is 9.21 Å². The molecule has 9 heteroatoms. The number of ether oxygens (including phenoxy) is 1. The molecule has 2 N–H and O–H groups in total. The van der Waals surface area contributed by atoms with Gasteiger partial charge in [0.15, 0.2) is 0 Å². The van der Waals surface area contributed by atoms with Gasteiger partial charge in [-0.2, -0.15) is 4.31 Å². The van der Waals surface area contributed by atoms with Crippen molar-refractivity contribution in [1.29, 1.82) is 0 Å². The van der Waals surface area contributed by atoms with Gasteiger partial charge in [-0.15, -0.1) is 0 Å². The van der Waals surface area contributed by atoms with Gasteiger partial charge in [0.25, 0.3) is 5.91 Å². The van der Waals surface area contributed by atoms with Gasteiger partial charge in [0.2, 0.25) is 15.9 Å². The molecular formula is C19H27N3O5S. The summed E-state index contributed by atoms with van der Waals surface area (Å²) in [5.74, 6) is -0.537. The van der Waals surface area contributed by atoms with Crippen molar-refractivity contribution in [2.75, 3.05) is 32.8 Å². The third-order valence-corrected chi connectivity index (χ3v) is 7.28. The van der Waals surface area contributed by atoms with Gasteiger partial charge in [-0.3, -0.25) is 9.59 Å². The highest BCUT2D eigenvalue weighted by Gasteiger charge is 2.32. The fraction of sp³-hybridized carbons (Fsp3) is 0.579. The first-order valence-corrected chi connectivity index (χ1v) is 11.1. The predicted octanol–water partition coefficient (Wildman–Crippen LogP) is 1.21. The lowest BCUT2D eigenvalue weighted by Crippen LogP contribution is -2.41. The zero-order valence-corrected chi connectivity index (χ0v) is 16.9. The van der Waals surface area contributed by atoms with Crippen LogP contribution < -0.4 is 10.5 Å². The number of carbonyl (C=O) groups is 2. The lowest BCUT2D eigenvalue weighted by atomic mass is 9.96. The molecule has 2 fully saturated rings. The van der Waals surface area contributed by atoms with E-state index in [1.807, 2.05) is 0 Å². The Kier molecular flexibility index (Phi) is 6.24. The number of primary amides is 1. The second kappa shape index (κ2) is 8.48. The summed E-state index contributed by atoms with van der Waals surface area (Å²) < 4.78 is 33.1. The van der Waals surface area contributed by atoms with Crippen molar-refractivity contribution >= 4 is 21.8 Å². The quantitative estimate of drug-likeness (QED) is 0.759. The fourth-order valence-corrected chi connectivity index (χ4v) is 5.41. The van der Waals surface area contributed by atoms with Crippen molar-refractivity contribution in [3.05, 3.63) is 23.8 Å². The number of benzene rings is 1. The first kappa shape index (κ1) is 20.6. The van der Waals surface area contributed by atoms with Gasteiger partial charge in [-0.1, -0.05) is 0 Å². The summed E-state index contributed by atoms with van der Waals surface area (Å²) in [7, 11) is -3.72. The highest BCUT2D eigenvalue weighted by atomic mass is 32.2. The number of hydrogen-bond acceptors (Lipinski definition) is 5. The number of piperidine rings is 1. The van der Waals surface area contributed by atoms with Crippen LogP contribution in [0.5, 0.6) is 5.75 Å². The molecule has 8 nitrogen and oxygen atoms in total. The van der Waals surface area contributed by atoms with Crippen LogP contribution in [0.4, 0.5) is 0 Å². The van der Waals surface area contributed by atoms with Crippen LogP contribution in [0.25, 0.3) is 0 Å². The first-order valence-electron chi connectivity index (χ1n) is 9.70. The standard InChI is InChI=1S/C19H27N3O5S/c1-2-27-16-6-5-15(13-17(16)28(25,26)22-9-3-4-10-22)19(24)21-11-7-14(8-12-21)18(20)23/h5-6,13-14H,2-4,7-12H2,1H3,(H2,20,23). The number of hydrogen-bond donors (Lipinski definition) is 1. The Morgan fingerprint density at radius 1 is 1.14 bits per heavy atom. The van der Waals surface area contributed by atoms with E-state index in [-0.39, 0.29) is 28.4 Å². The second-order valence-corrected chi connectivity index (χ2v) is 9.08. The molecule has 0 bridgehead atoms. The maximum atomic E-state index is 13.1. The van der Waals surface area contributed by atoms with Crippen LogP contribution in [0.15, 0.2) is 23.1 Å². The third-order valence-electron chi connectivity index (χ3n) is 5.36. The van der Waals surface area contributed by atoms with Gasteiger partial charge in [0.05, 0.1) is 6.61 Å². The normalized spacial score (nSPS) is 19.0.